The number of hydrogen-bond donors (Lipinski definition) is 1. The Kier molecular flexibility index (Phi) is 4.21. The van der Waals surface area contributed by atoms with Gasteiger partial charge in [0, 0.05) is 4.90 Å². The SMILES string of the molecule is OCc1ccc(SCc2ccco2)c(C(F)(F)F)c1. The number of aliphatic hydroxyl groups is 1. The maximum absolute atomic E-state index is 12.9. The second-order valence-electron chi connectivity index (χ2n) is 3.85. The van der Waals surface area contributed by atoms with E-state index in [9.17, 15) is 13.2 Å². The molecule has 0 saturated carbocycles. The fraction of sp³-hybridized carbons (Fsp3) is 0.231. The van der Waals surface area contributed by atoms with Crippen LogP contribution in [0.15, 0.2) is 45.9 Å². The minimum Gasteiger partial charge on any atom is -0.468 e. The van der Waals surface area contributed by atoms with Crippen LogP contribution in [0.2, 0.25) is 0 Å². The molecule has 0 amide bonds. The lowest BCUT2D eigenvalue weighted by atomic mass is 10.1. The summed E-state index contributed by atoms with van der Waals surface area (Å²) in [6.45, 7) is -0.411. The van der Waals surface area contributed by atoms with Crippen LogP contribution < -0.4 is 0 Å². The highest BCUT2D eigenvalue weighted by Gasteiger charge is 2.33. The van der Waals surface area contributed by atoms with Gasteiger partial charge in [0.15, 0.2) is 0 Å². The average Bonchev–Trinajstić information content (AvgIpc) is 2.88. The highest BCUT2D eigenvalue weighted by Crippen LogP contribution is 2.38. The van der Waals surface area contributed by atoms with Crippen LogP contribution in [0.5, 0.6) is 0 Å². The lowest BCUT2D eigenvalue weighted by molar-refractivity contribution is -0.139. The van der Waals surface area contributed by atoms with E-state index >= 15 is 0 Å². The number of hydrogen-bond acceptors (Lipinski definition) is 3. The summed E-state index contributed by atoms with van der Waals surface area (Å²) in [6.07, 6.45) is -2.95. The zero-order valence-electron chi connectivity index (χ0n) is 9.78. The molecular weight excluding hydrogens is 277 g/mol. The minimum absolute atomic E-state index is 0.126. The van der Waals surface area contributed by atoms with Gasteiger partial charge >= 0.3 is 6.18 Å². The van der Waals surface area contributed by atoms with E-state index in [1.165, 1.54) is 18.4 Å². The van der Waals surface area contributed by atoms with Gasteiger partial charge in [-0.15, -0.1) is 11.8 Å². The van der Waals surface area contributed by atoms with E-state index in [4.69, 9.17) is 9.52 Å². The normalized spacial score (nSPS) is 11.8. The van der Waals surface area contributed by atoms with E-state index < -0.39 is 18.3 Å². The molecule has 1 aromatic carbocycles. The van der Waals surface area contributed by atoms with Crippen molar-refractivity contribution in [3.8, 4) is 0 Å². The number of rotatable bonds is 4. The van der Waals surface area contributed by atoms with Crippen molar-refractivity contribution in [1.82, 2.24) is 0 Å². The Balaban J connectivity index is 2.23. The number of furan rings is 1. The Morgan fingerprint density at radius 2 is 2.00 bits per heavy atom. The molecule has 0 saturated heterocycles. The van der Waals surface area contributed by atoms with Gasteiger partial charge in [0.25, 0.3) is 0 Å². The summed E-state index contributed by atoms with van der Waals surface area (Å²) in [6, 6.07) is 7.24. The van der Waals surface area contributed by atoms with Gasteiger partial charge in [-0.1, -0.05) is 6.07 Å². The fourth-order valence-corrected chi connectivity index (χ4v) is 2.52. The largest absolute Gasteiger partial charge is 0.468 e. The molecule has 0 radical (unpaired) electrons. The monoisotopic (exact) mass is 288 g/mol. The van der Waals surface area contributed by atoms with Crippen LogP contribution in [0.3, 0.4) is 0 Å². The van der Waals surface area contributed by atoms with E-state index in [2.05, 4.69) is 0 Å². The van der Waals surface area contributed by atoms with Crippen molar-refractivity contribution in [2.24, 2.45) is 0 Å². The van der Waals surface area contributed by atoms with E-state index in [1.54, 1.807) is 12.1 Å². The molecule has 2 aromatic rings. The topological polar surface area (TPSA) is 33.4 Å². The summed E-state index contributed by atoms with van der Waals surface area (Å²) < 4.78 is 43.8. The first kappa shape index (κ1) is 14.0. The Hall–Kier alpha value is -1.40. The van der Waals surface area contributed by atoms with Crippen LogP contribution >= 0.6 is 11.8 Å². The summed E-state index contributed by atoms with van der Waals surface area (Å²) in [4.78, 5) is 0.126. The third-order valence-corrected chi connectivity index (χ3v) is 3.58. The van der Waals surface area contributed by atoms with Gasteiger partial charge in [0.1, 0.15) is 5.76 Å². The summed E-state index contributed by atoms with van der Waals surface area (Å²) in [7, 11) is 0. The highest BCUT2D eigenvalue weighted by atomic mass is 32.2. The standard InChI is InChI=1S/C13H11F3O2S/c14-13(15,16)11-6-9(7-17)3-4-12(11)19-8-10-2-1-5-18-10/h1-6,17H,7-8H2. The van der Waals surface area contributed by atoms with Gasteiger partial charge < -0.3 is 9.52 Å². The van der Waals surface area contributed by atoms with Crippen LogP contribution in [0.1, 0.15) is 16.9 Å². The first-order valence-electron chi connectivity index (χ1n) is 5.47. The molecule has 0 aliphatic heterocycles. The number of alkyl halides is 3. The molecule has 19 heavy (non-hydrogen) atoms. The van der Waals surface area contributed by atoms with Gasteiger partial charge in [0.2, 0.25) is 0 Å². The Morgan fingerprint density at radius 3 is 2.58 bits per heavy atom. The maximum atomic E-state index is 12.9. The van der Waals surface area contributed by atoms with E-state index in [0.717, 1.165) is 17.8 Å². The zero-order chi connectivity index (χ0) is 13.9. The third kappa shape index (κ3) is 3.54. The van der Waals surface area contributed by atoms with Crippen molar-refractivity contribution in [2.45, 2.75) is 23.4 Å². The van der Waals surface area contributed by atoms with Gasteiger partial charge in [0.05, 0.1) is 24.2 Å². The summed E-state index contributed by atoms with van der Waals surface area (Å²) in [5.74, 6) is 0.943. The highest BCUT2D eigenvalue weighted by molar-refractivity contribution is 7.98. The number of aliphatic hydroxyl groups excluding tert-OH is 1. The third-order valence-electron chi connectivity index (χ3n) is 2.48. The molecule has 0 aliphatic rings. The van der Waals surface area contributed by atoms with Gasteiger partial charge in [-0.2, -0.15) is 13.2 Å². The number of halogens is 3. The summed E-state index contributed by atoms with van der Waals surface area (Å²) in [5, 5.41) is 8.91. The molecule has 0 spiro atoms. The van der Waals surface area contributed by atoms with Crippen LogP contribution in [0.4, 0.5) is 13.2 Å². The van der Waals surface area contributed by atoms with Gasteiger partial charge in [-0.25, -0.2) is 0 Å². The zero-order valence-corrected chi connectivity index (χ0v) is 10.6. The minimum atomic E-state index is -4.43. The second kappa shape index (κ2) is 5.71. The van der Waals surface area contributed by atoms with Gasteiger partial charge in [-0.3, -0.25) is 0 Å². The maximum Gasteiger partial charge on any atom is 0.417 e. The fourth-order valence-electron chi connectivity index (χ4n) is 1.57. The lowest BCUT2D eigenvalue weighted by Gasteiger charge is -2.13. The van der Waals surface area contributed by atoms with Crippen LogP contribution in [-0.2, 0) is 18.5 Å². The molecule has 0 aliphatic carbocycles. The molecule has 102 valence electrons. The summed E-state index contributed by atoms with van der Waals surface area (Å²) >= 11 is 1.06. The molecule has 2 rings (SSSR count). The second-order valence-corrected chi connectivity index (χ2v) is 4.87. The van der Waals surface area contributed by atoms with Crippen molar-refractivity contribution in [1.29, 1.82) is 0 Å². The molecule has 6 heteroatoms. The van der Waals surface area contributed by atoms with Crippen molar-refractivity contribution in [2.75, 3.05) is 0 Å². The lowest BCUT2D eigenvalue weighted by Crippen LogP contribution is -2.07. The van der Waals surface area contributed by atoms with Crippen molar-refractivity contribution < 1.29 is 22.7 Å². The number of thioether (sulfide) groups is 1. The first-order valence-corrected chi connectivity index (χ1v) is 6.45. The molecule has 0 bridgehead atoms. The molecule has 1 heterocycles. The average molecular weight is 288 g/mol. The predicted molar refractivity (Wildman–Crippen MR) is 65.6 cm³/mol. The van der Waals surface area contributed by atoms with Crippen LogP contribution in [-0.4, -0.2) is 5.11 Å². The quantitative estimate of drug-likeness (QED) is 0.860. The molecule has 1 aromatic heterocycles. The van der Waals surface area contributed by atoms with Gasteiger partial charge in [-0.05, 0) is 29.8 Å². The molecule has 1 N–H and O–H groups in total. The van der Waals surface area contributed by atoms with Crippen LogP contribution in [0.25, 0.3) is 0 Å². The van der Waals surface area contributed by atoms with E-state index in [1.807, 2.05) is 0 Å². The molecule has 0 fully saturated rings. The smallest absolute Gasteiger partial charge is 0.417 e. The Bertz CT molecular complexity index is 535. The molecule has 0 unspecified atom stereocenters. The van der Waals surface area contributed by atoms with E-state index in [0.29, 0.717) is 11.5 Å². The Morgan fingerprint density at radius 1 is 1.21 bits per heavy atom. The van der Waals surface area contributed by atoms with Crippen molar-refractivity contribution in [3.63, 3.8) is 0 Å². The predicted octanol–water partition coefficient (Wildman–Crippen LogP) is 4.08. The number of benzene rings is 1. The molecule has 0 atom stereocenters. The van der Waals surface area contributed by atoms with Crippen molar-refractivity contribution in [3.05, 3.63) is 53.5 Å². The first-order chi connectivity index (χ1) is 9.00. The van der Waals surface area contributed by atoms with Crippen LogP contribution in [0, 0.1) is 0 Å². The summed E-state index contributed by atoms with van der Waals surface area (Å²) in [5.41, 5.74) is -0.481. The van der Waals surface area contributed by atoms with Crippen molar-refractivity contribution >= 4 is 11.8 Å². The van der Waals surface area contributed by atoms with E-state index in [-0.39, 0.29) is 10.5 Å². The molecular formula is C13H11F3O2S. The molecule has 2 nitrogen and oxygen atoms in total. The Labute approximate surface area is 112 Å².